The number of nitrogens with one attached hydrogen (secondary N) is 2. The van der Waals surface area contributed by atoms with Crippen LogP contribution >= 0.6 is 0 Å². The van der Waals surface area contributed by atoms with Crippen LogP contribution in [0.4, 0.5) is 0 Å². The number of carbonyl (C=O) groups excluding carboxylic acids is 2. The molecule has 110 valence electrons. The molecule has 0 bridgehead atoms. The van der Waals surface area contributed by atoms with Crippen molar-refractivity contribution in [2.75, 3.05) is 0 Å². The average molecular weight is 292 g/mol. The van der Waals surface area contributed by atoms with Crippen molar-refractivity contribution in [2.45, 2.75) is 12.5 Å². The van der Waals surface area contributed by atoms with E-state index in [1.165, 1.54) is 0 Å². The second kappa shape index (κ2) is 6.26. The number of rotatable bonds is 3. The largest absolute Gasteiger partial charge is 0.339 e. The first-order valence-electron chi connectivity index (χ1n) is 7.15. The first-order valence-corrected chi connectivity index (χ1v) is 7.15. The molecule has 2 aromatic carbocycles. The minimum atomic E-state index is -0.539. The van der Waals surface area contributed by atoms with Crippen molar-refractivity contribution < 1.29 is 9.59 Å². The topological polar surface area (TPSA) is 58.2 Å². The summed E-state index contributed by atoms with van der Waals surface area (Å²) >= 11 is 0. The Balaban J connectivity index is 1.73. The van der Waals surface area contributed by atoms with Crippen molar-refractivity contribution in [1.82, 2.24) is 10.6 Å². The van der Waals surface area contributed by atoms with E-state index in [0.29, 0.717) is 6.42 Å². The van der Waals surface area contributed by atoms with Crippen molar-refractivity contribution in [3.8, 4) is 0 Å². The van der Waals surface area contributed by atoms with E-state index in [2.05, 4.69) is 10.6 Å². The second-order valence-corrected chi connectivity index (χ2v) is 5.17. The van der Waals surface area contributed by atoms with E-state index < -0.39 is 6.04 Å². The van der Waals surface area contributed by atoms with Crippen molar-refractivity contribution >= 4 is 17.9 Å². The summed E-state index contributed by atoms with van der Waals surface area (Å²) in [6.07, 6.45) is 2.16. The summed E-state index contributed by atoms with van der Waals surface area (Å²) in [6.45, 7) is 0. The van der Waals surface area contributed by atoms with Crippen LogP contribution in [0.2, 0.25) is 0 Å². The summed E-state index contributed by atoms with van der Waals surface area (Å²) in [4.78, 5) is 24.3. The first-order chi connectivity index (χ1) is 10.7. The lowest BCUT2D eigenvalue weighted by Gasteiger charge is -2.25. The number of carbonyl (C=O) groups is 2. The summed E-state index contributed by atoms with van der Waals surface area (Å²) in [7, 11) is 0. The van der Waals surface area contributed by atoms with Gasteiger partial charge in [0.2, 0.25) is 5.91 Å². The Kier molecular flexibility index (Phi) is 4.01. The zero-order valence-corrected chi connectivity index (χ0v) is 12.0. The Bertz CT molecular complexity index is 708. The van der Waals surface area contributed by atoms with Crippen LogP contribution in [-0.4, -0.2) is 17.9 Å². The maximum absolute atomic E-state index is 12.2. The van der Waals surface area contributed by atoms with E-state index >= 15 is 0 Å². The third-order valence-electron chi connectivity index (χ3n) is 3.52. The van der Waals surface area contributed by atoms with Crippen molar-refractivity contribution in [3.63, 3.8) is 0 Å². The summed E-state index contributed by atoms with van der Waals surface area (Å²) in [5, 5.41) is 5.46. The number of amides is 2. The quantitative estimate of drug-likeness (QED) is 0.849. The molecule has 1 aliphatic rings. The number of benzene rings is 2. The highest BCUT2D eigenvalue weighted by Crippen LogP contribution is 2.11. The van der Waals surface area contributed by atoms with E-state index in [9.17, 15) is 9.59 Å². The first kappa shape index (κ1) is 14.1. The molecule has 4 heteroatoms. The third kappa shape index (κ3) is 3.23. The number of piperazine rings is 1. The van der Waals surface area contributed by atoms with Gasteiger partial charge in [-0.25, -0.2) is 0 Å². The zero-order valence-electron chi connectivity index (χ0n) is 12.0. The molecule has 1 aliphatic heterocycles. The van der Waals surface area contributed by atoms with Crippen LogP contribution in [0.15, 0.2) is 66.4 Å². The molecule has 1 saturated heterocycles. The Hall–Kier alpha value is -2.88. The lowest BCUT2D eigenvalue weighted by atomic mass is 10.0. The van der Waals surface area contributed by atoms with Crippen LogP contribution in [0.1, 0.15) is 11.1 Å². The lowest BCUT2D eigenvalue weighted by molar-refractivity contribution is -0.131. The summed E-state index contributed by atoms with van der Waals surface area (Å²) in [5.41, 5.74) is 2.16. The van der Waals surface area contributed by atoms with Crippen LogP contribution in [0, 0.1) is 0 Å². The monoisotopic (exact) mass is 292 g/mol. The van der Waals surface area contributed by atoms with Crippen molar-refractivity contribution in [2.24, 2.45) is 0 Å². The highest BCUT2D eigenvalue weighted by Gasteiger charge is 2.29. The van der Waals surface area contributed by atoms with Gasteiger partial charge in [0, 0.05) is 6.42 Å². The zero-order chi connectivity index (χ0) is 15.4. The lowest BCUT2D eigenvalue weighted by Crippen LogP contribution is -2.55. The van der Waals surface area contributed by atoms with Gasteiger partial charge in [0.1, 0.15) is 11.7 Å². The van der Waals surface area contributed by atoms with Crippen LogP contribution in [-0.2, 0) is 16.0 Å². The summed E-state index contributed by atoms with van der Waals surface area (Å²) in [6, 6.07) is 18.5. The van der Waals surface area contributed by atoms with Gasteiger partial charge in [-0.15, -0.1) is 0 Å². The molecule has 0 spiro atoms. The molecule has 0 saturated carbocycles. The molecule has 1 atom stereocenters. The standard InChI is InChI=1S/C18H16N2O2/c21-17-15(11-13-7-3-1-4-8-13)19-18(22)16(20-17)12-14-9-5-2-6-10-14/h1-11,16H,12H2,(H,19,22)(H,20,21)/b15-11+/t16-/m1/s1. The minimum absolute atomic E-state index is 0.189. The van der Waals surface area contributed by atoms with E-state index in [1.807, 2.05) is 60.7 Å². The molecular weight excluding hydrogens is 276 g/mol. The molecular formula is C18H16N2O2. The molecule has 2 N–H and O–H groups in total. The number of hydrogen-bond acceptors (Lipinski definition) is 2. The van der Waals surface area contributed by atoms with Crippen LogP contribution < -0.4 is 10.6 Å². The predicted molar refractivity (Wildman–Crippen MR) is 84.6 cm³/mol. The molecule has 1 fully saturated rings. The molecule has 22 heavy (non-hydrogen) atoms. The van der Waals surface area contributed by atoms with Gasteiger partial charge >= 0.3 is 0 Å². The Morgan fingerprint density at radius 1 is 0.909 bits per heavy atom. The molecule has 3 rings (SSSR count). The fraction of sp³-hybridized carbons (Fsp3) is 0.111. The van der Waals surface area contributed by atoms with Gasteiger partial charge in [-0.3, -0.25) is 9.59 Å². The van der Waals surface area contributed by atoms with E-state index in [0.717, 1.165) is 11.1 Å². The van der Waals surface area contributed by atoms with Crippen LogP contribution in [0.25, 0.3) is 6.08 Å². The van der Waals surface area contributed by atoms with Gasteiger partial charge in [0.25, 0.3) is 5.91 Å². The molecule has 2 aromatic rings. The van der Waals surface area contributed by atoms with E-state index in [1.54, 1.807) is 6.08 Å². The van der Waals surface area contributed by atoms with E-state index in [4.69, 9.17) is 0 Å². The average Bonchev–Trinajstić information content (AvgIpc) is 2.54. The Morgan fingerprint density at radius 3 is 2.23 bits per heavy atom. The summed E-state index contributed by atoms with van der Waals surface area (Å²) < 4.78 is 0. The fourth-order valence-corrected chi connectivity index (χ4v) is 2.39. The molecule has 0 aliphatic carbocycles. The van der Waals surface area contributed by atoms with Crippen LogP contribution in [0.3, 0.4) is 0 Å². The summed E-state index contributed by atoms with van der Waals surface area (Å²) in [5.74, 6) is -0.449. The second-order valence-electron chi connectivity index (χ2n) is 5.17. The molecule has 4 nitrogen and oxygen atoms in total. The fourth-order valence-electron chi connectivity index (χ4n) is 2.39. The van der Waals surface area contributed by atoms with Gasteiger partial charge in [0.05, 0.1) is 0 Å². The Labute approximate surface area is 128 Å². The van der Waals surface area contributed by atoms with Crippen LogP contribution in [0.5, 0.6) is 0 Å². The van der Waals surface area contributed by atoms with Gasteiger partial charge in [0.15, 0.2) is 0 Å². The maximum Gasteiger partial charge on any atom is 0.268 e. The molecule has 2 amide bonds. The van der Waals surface area contributed by atoms with Crippen molar-refractivity contribution in [1.29, 1.82) is 0 Å². The molecule has 1 heterocycles. The molecule has 0 aromatic heterocycles. The maximum atomic E-state index is 12.2. The van der Waals surface area contributed by atoms with E-state index in [-0.39, 0.29) is 17.5 Å². The van der Waals surface area contributed by atoms with Gasteiger partial charge < -0.3 is 10.6 Å². The highest BCUT2D eigenvalue weighted by atomic mass is 16.2. The predicted octanol–water partition coefficient (Wildman–Crippen LogP) is 1.88. The normalized spacial score (nSPS) is 19.6. The minimum Gasteiger partial charge on any atom is -0.339 e. The third-order valence-corrected chi connectivity index (χ3v) is 3.52. The molecule has 0 radical (unpaired) electrons. The van der Waals surface area contributed by atoms with Gasteiger partial charge in [-0.1, -0.05) is 60.7 Å². The van der Waals surface area contributed by atoms with Crippen molar-refractivity contribution in [3.05, 3.63) is 77.5 Å². The smallest absolute Gasteiger partial charge is 0.268 e. The molecule has 0 unspecified atom stereocenters. The van der Waals surface area contributed by atoms with Gasteiger partial charge in [-0.05, 0) is 17.2 Å². The van der Waals surface area contributed by atoms with Gasteiger partial charge in [-0.2, -0.15) is 0 Å². The highest BCUT2D eigenvalue weighted by molar-refractivity contribution is 6.07. The SMILES string of the molecule is O=C1N[C@H](Cc2ccccc2)C(=O)N/C1=C/c1ccccc1. The number of hydrogen-bond donors (Lipinski definition) is 2. The Morgan fingerprint density at radius 2 is 1.55 bits per heavy atom.